The average molecular weight is 340 g/mol. The Balaban J connectivity index is 2.28. The van der Waals surface area contributed by atoms with Crippen molar-refractivity contribution in [1.82, 2.24) is 14.8 Å². The lowest BCUT2D eigenvalue weighted by atomic mass is 10.1. The van der Waals surface area contributed by atoms with E-state index in [0.29, 0.717) is 10.0 Å². The highest BCUT2D eigenvalue weighted by atomic mass is 79.9. The van der Waals surface area contributed by atoms with E-state index in [1.165, 1.54) is 6.07 Å². The Kier molecular flexibility index (Phi) is 4.03. The molecular formula is C12H14BrN5O2. The monoisotopic (exact) mass is 339 g/mol. The lowest BCUT2D eigenvalue weighted by molar-refractivity contribution is -0.385. The van der Waals surface area contributed by atoms with Gasteiger partial charge in [0, 0.05) is 28.8 Å². The molecule has 0 aliphatic heterocycles. The predicted octanol–water partition coefficient (Wildman–Crippen LogP) is 2.97. The molecule has 0 aliphatic carbocycles. The number of hydrogen-bond donors (Lipinski definition) is 1. The van der Waals surface area contributed by atoms with Crippen molar-refractivity contribution >= 4 is 27.3 Å². The lowest BCUT2D eigenvalue weighted by Crippen LogP contribution is -2.12. The SMILES string of the molecule is Cc1cc(NC(C)c2nncn2C)c(Br)cc1[N+](=O)[O-]. The number of aryl methyl sites for hydroxylation is 2. The number of nitrogens with zero attached hydrogens (tertiary/aromatic N) is 4. The van der Waals surface area contributed by atoms with E-state index in [-0.39, 0.29) is 11.7 Å². The minimum Gasteiger partial charge on any atom is -0.374 e. The van der Waals surface area contributed by atoms with Crippen LogP contribution in [0.3, 0.4) is 0 Å². The van der Waals surface area contributed by atoms with Crippen molar-refractivity contribution in [3.05, 3.63) is 44.4 Å². The highest BCUT2D eigenvalue weighted by molar-refractivity contribution is 9.10. The third kappa shape index (κ3) is 2.79. The standard InChI is InChI=1S/C12H14BrN5O2/c1-7-4-10(9(13)5-11(7)18(19)20)15-8(2)12-16-14-6-17(12)3/h4-6,8,15H,1-3H3. The highest BCUT2D eigenvalue weighted by Crippen LogP contribution is 2.32. The van der Waals surface area contributed by atoms with Crippen LogP contribution in [0.5, 0.6) is 0 Å². The molecule has 0 aliphatic rings. The topological polar surface area (TPSA) is 85.9 Å². The summed E-state index contributed by atoms with van der Waals surface area (Å²) in [6, 6.07) is 3.18. The van der Waals surface area contributed by atoms with Crippen LogP contribution in [0.15, 0.2) is 22.9 Å². The summed E-state index contributed by atoms with van der Waals surface area (Å²) in [4.78, 5) is 10.5. The summed E-state index contributed by atoms with van der Waals surface area (Å²) in [5.41, 5.74) is 1.48. The Labute approximate surface area is 124 Å². The number of nitro groups is 1. The van der Waals surface area contributed by atoms with E-state index in [9.17, 15) is 10.1 Å². The summed E-state index contributed by atoms with van der Waals surface area (Å²) in [6.07, 6.45) is 1.63. The molecule has 106 valence electrons. The number of halogens is 1. The van der Waals surface area contributed by atoms with Crippen LogP contribution >= 0.6 is 15.9 Å². The molecule has 1 unspecified atom stereocenters. The summed E-state index contributed by atoms with van der Waals surface area (Å²) in [7, 11) is 1.86. The Morgan fingerprint density at radius 1 is 1.50 bits per heavy atom. The van der Waals surface area contributed by atoms with Crippen molar-refractivity contribution in [2.45, 2.75) is 19.9 Å². The fourth-order valence-electron chi connectivity index (χ4n) is 1.96. The molecular weight excluding hydrogens is 326 g/mol. The van der Waals surface area contributed by atoms with Gasteiger partial charge in [-0.25, -0.2) is 0 Å². The van der Waals surface area contributed by atoms with E-state index in [2.05, 4.69) is 31.4 Å². The Hall–Kier alpha value is -1.96. The molecule has 0 amide bonds. The van der Waals surface area contributed by atoms with Gasteiger partial charge in [-0.3, -0.25) is 10.1 Å². The van der Waals surface area contributed by atoms with Gasteiger partial charge in [-0.15, -0.1) is 10.2 Å². The van der Waals surface area contributed by atoms with Gasteiger partial charge in [0.2, 0.25) is 0 Å². The smallest absolute Gasteiger partial charge is 0.273 e. The van der Waals surface area contributed by atoms with E-state index in [0.717, 1.165) is 11.5 Å². The van der Waals surface area contributed by atoms with Gasteiger partial charge in [0.05, 0.1) is 11.0 Å². The number of rotatable bonds is 4. The molecule has 0 radical (unpaired) electrons. The van der Waals surface area contributed by atoms with Crippen LogP contribution in [0.4, 0.5) is 11.4 Å². The normalized spacial score (nSPS) is 12.2. The quantitative estimate of drug-likeness (QED) is 0.683. The van der Waals surface area contributed by atoms with Gasteiger partial charge in [-0.2, -0.15) is 0 Å². The van der Waals surface area contributed by atoms with E-state index < -0.39 is 4.92 Å². The second-order valence-corrected chi connectivity index (χ2v) is 5.40. The van der Waals surface area contributed by atoms with Gasteiger partial charge in [0.15, 0.2) is 5.82 Å². The van der Waals surface area contributed by atoms with Crippen molar-refractivity contribution in [3.63, 3.8) is 0 Å². The lowest BCUT2D eigenvalue weighted by Gasteiger charge is -2.16. The molecule has 0 saturated carbocycles. The molecule has 20 heavy (non-hydrogen) atoms. The molecule has 0 spiro atoms. The van der Waals surface area contributed by atoms with E-state index in [4.69, 9.17) is 0 Å². The minimum atomic E-state index is -0.393. The second kappa shape index (κ2) is 5.58. The van der Waals surface area contributed by atoms with Crippen molar-refractivity contribution in [1.29, 1.82) is 0 Å². The fraction of sp³-hybridized carbons (Fsp3) is 0.333. The fourth-order valence-corrected chi connectivity index (χ4v) is 2.41. The number of nitrogens with one attached hydrogen (secondary N) is 1. The third-order valence-corrected chi connectivity index (χ3v) is 3.64. The highest BCUT2D eigenvalue weighted by Gasteiger charge is 2.17. The van der Waals surface area contributed by atoms with Crippen LogP contribution in [0, 0.1) is 17.0 Å². The van der Waals surface area contributed by atoms with Crippen molar-refractivity contribution < 1.29 is 4.92 Å². The van der Waals surface area contributed by atoms with Crippen LogP contribution < -0.4 is 5.32 Å². The molecule has 2 rings (SSSR count). The molecule has 1 aromatic carbocycles. The van der Waals surface area contributed by atoms with E-state index in [1.54, 1.807) is 19.3 Å². The first-order valence-corrected chi connectivity index (χ1v) is 6.74. The molecule has 1 atom stereocenters. The summed E-state index contributed by atoms with van der Waals surface area (Å²) in [5, 5.41) is 22.0. The number of benzene rings is 1. The molecule has 0 fully saturated rings. The average Bonchev–Trinajstić information content (AvgIpc) is 2.79. The summed E-state index contributed by atoms with van der Waals surface area (Å²) in [5.74, 6) is 0.785. The van der Waals surface area contributed by atoms with Crippen molar-refractivity contribution in [2.24, 2.45) is 7.05 Å². The number of hydrogen-bond acceptors (Lipinski definition) is 5. The van der Waals surface area contributed by atoms with Gasteiger partial charge in [-0.1, -0.05) is 0 Å². The Morgan fingerprint density at radius 2 is 2.20 bits per heavy atom. The molecule has 8 heteroatoms. The first kappa shape index (κ1) is 14.4. The second-order valence-electron chi connectivity index (χ2n) is 4.54. The summed E-state index contributed by atoms with van der Waals surface area (Å²) < 4.78 is 2.47. The molecule has 0 bridgehead atoms. The van der Waals surface area contributed by atoms with Crippen LogP contribution in [0.2, 0.25) is 0 Å². The zero-order valence-corrected chi connectivity index (χ0v) is 12.9. The molecule has 2 aromatic rings. The Bertz CT molecular complexity index is 655. The van der Waals surface area contributed by atoms with Crippen molar-refractivity contribution in [3.8, 4) is 0 Å². The van der Waals surface area contributed by atoms with Crippen molar-refractivity contribution in [2.75, 3.05) is 5.32 Å². The summed E-state index contributed by atoms with van der Waals surface area (Å²) >= 11 is 3.35. The maximum absolute atomic E-state index is 10.9. The zero-order valence-electron chi connectivity index (χ0n) is 11.3. The number of nitro benzene ring substituents is 1. The predicted molar refractivity (Wildman–Crippen MR) is 78.6 cm³/mol. The molecule has 1 aromatic heterocycles. The summed E-state index contributed by atoms with van der Waals surface area (Å²) in [6.45, 7) is 3.66. The number of anilines is 1. The Morgan fingerprint density at radius 3 is 2.75 bits per heavy atom. The largest absolute Gasteiger partial charge is 0.374 e. The molecule has 1 heterocycles. The minimum absolute atomic E-state index is 0.0698. The van der Waals surface area contributed by atoms with Crippen LogP contribution in [-0.2, 0) is 7.05 Å². The van der Waals surface area contributed by atoms with Crippen LogP contribution in [-0.4, -0.2) is 19.7 Å². The molecule has 7 nitrogen and oxygen atoms in total. The first-order valence-electron chi connectivity index (χ1n) is 5.95. The maximum Gasteiger partial charge on any atom is 0.273 e. The van der Waals surface area contributed by atoms with Gasteiger partial charge < -0.3 is 9.88 Å². The molecule has 1 N–H and O–H groups in total. The van der Waals surface area contributed by atoms with Gasteiger partial charge in [-0.05, 0) is 35.8 Å². The van der Waals surface area contributed by atoms with E-state index in [1.807, 2.05) is 18.5 Å². The number of aromatic nitrogens is 3. The maximum atomic E-state index is 10.9. The third-order valence-electron chi connectivity index (χ3n) is 2.99. The zero-order chi connectivity index (χ0) is 14.9. The van der Waals surface area contributed by atoms with Gasteiger partial charge >= 0.3 is 0 Å². The molecule has 0 saturated heterocycles. The van der Waals surface area contributed by atoms with E-state index >= 15 is 0 Å². The van der Waals surface area contributed by atoms with Gasteiger partial charge in [0.1, 0.15) is 6.33 Å². The van der Waals surface area contributed by atoms with Gasteiger partial charge in [0.25, 0.3) is 5.69 Å². The first-order chi connectivity index (χ1) is 9.40. The van der Waals surface area contributed by atoms with Crippen LogP contribution in [0.25, 0.3) is 0 Å². The van der Waals surface area contributed by atoms with Crippen LogP contribution in [0.1, 0.15) is 24.4 Å².